The fourth-order valence-corrected chi connectivity index (χ4v) is 1.43. The van der Waals surface area contributed by atoms with Crippen LogP contribution < -0.4 is 5.73 Å². The first kappa shape index (κ1) is 13.8. The summed E-state index contributed by atoms with van der Waals surface area (Å²) in [6.45, 7) is 4.72. The van der Waals surface area contributed by atoms with Crippen LogP contribution in [0.4, 0.5) is 0 Å². The predicted molar refractivity (Wildman–Crippen MR) is 63.5 cm³/mol. The van der Waals surface area contributed by atoms with Crippen molar-refractivity contribution in [3.8, 4) is 0 Å². The van der Waals surface area contributed by atoms with Crippen molar-refractivity contribution in [2.24, 2.45) is 5.73 Å². The van der Waals surface area contributed by atoms with Gasteiger partial charge in [0.1, 0.15) is 0 Å². The van der Waals surface area contributed by atoms with Crippen molar-refractivity contribution in [3.63, 3.8) is 0 Å². The lowest BCUT2D eigenvalue weighted by molar-refractivity contribution is -0.130. The van der Waals surface area contributed by atoms with Crippen LogP contribution >= 0.6 is 11.8 Å². The molecule has 0 aliphatic heterocycles. The van der Waals surface area contributed by atoms with Crippen molar-refractivity contribution in [3.05, 3.63) is 0 Å². The van der Waals surface area contributed by atoms with Crippen LogP contribution in [-0.4, -0.2) is 41.9 Å². The Kier molecular flexibility index (Phi) is 6.20. The third-order valence-corrected chi connectivity index (χ3v) is 2.63. The van der Waals surface area contributed by atoms with E-state index in [2.05, 4.69) is 0 Å². The third kappa shape index (κ3) is 7.21. The number of rotatable bonds is 6. The maximum Gasteiger partial charge on any atom is 0.222 e. The molecule has 0 saturated carbocycles. The first-order valence-corrected chi connectivity index (χ1v) is 6.28. The highest BCUT2D eigenvalue weighted by molar-refractivity contribution is 7.98. The van der Waals surface area contributed by atoms with E-state index in [1.165, 1.54) is 0 Å². The fourth-order valence-electron chi connectivity index (χ4n) is 0.973. The van der Waals surface area contributed by atoms with Gasteiger partial charge < -0.3 is 10.6 Å². The Balaban J connectivity index is 3.73. The molecule has 2 N–H and O–H groups in total. The molecule has 3 nitrogen and oxygen atoms in total. The summed E-state index contributed by atoms with van der Waals surface area (Å²) in [6.07, 6.45) is 3.34. The van der Waals surface area contributed by atoms with Crippen molar-refractivity contribution >= 4 is 17.7 Å². The summed E-state index contributed by atoms with van der Waals surface area (Å²) in [6, 6.07) is 0. The van der Waals surface area contributed by atoms with Crippen molar-refractivity contribution in [2.75, 3.05) is 25.6 Å². The van der Waals surface area contributed by atoms with E-state index in [1.54, 1.807) is 16.7 Å². The van der Waals surface area contributed by atoms with E-state index in [0.29, 0.717) is 6.42 Å². The summed E-state index contributed by atoms with van der Waals surface area (Å²) in [5.41, 5.74) is 5.57. The summed E-state index contributed by atoms with van der Waals surface area (Å²) in [4.78, 5) is 13.3. The second kappa shape index (κ2) is 6.30. The molecule has 14 heavy (non-hydrogen) atoms. The molecular weight excluding hydrogens is 196 g/mol. The van der Waals surface area contributed by atoms with E-state index in [-0.39, 0.29) is 11.4 Å². The molecule has 0 spiro atoms. The highest BCUT2D eigenvalue weighted by Crippen LogP contribution is 2.08. The average molecular weight is 218 g/mol. The number of nitrogens with zero attached hydrogens (tertiary/aromatic N) is 1. The predicted octanol–water partition coefficient (Wildman–Crippen LogP) is 1.33. The molecule has 0 aliphatic rings. The lowest BCUT2D eigenvalue weighted by Crippen LogP contribution is -2.35. The Morgan fingerprint density at radius 1 is 1.50 bits per heavy atom. The van der Waals surface area contributed by atoms with Crippen LogP contribution in [0, 0.1) is 0 Å². The van der Waals surface area contributed by atoms with Crippen LogP contribution in [-0.2, 0) is 4.79 Å². The SMILES string of the molecule is CSCCN(C)C(=O)CCC(C)(C)N. The summed E-state index contributed by atoms with van der Waals surface area (Å²) in [7, 11) is 1.85. The number of carbonyl (C=O) groups excluding carboxylic acids is 1. The Morgan fingerprint density at radius 2 is 2.07 bits per heavy atom. The summed E-state index contributed by atoms with van der Waals surface area (Å²) in [5, 5.41) is 0. The lowest BCUT2D eigenvalue weighted by atomic mass is 10.00. The molecule has 4 heteroatoms. The molecule has 0 atom stereocenters. The molecule has 0 saturated heterocycles. The third-order valence-electron chi connectivity index (χ3n) is 2.04. The summed E-state index contributed by atoms with van der Waals surface area (Å²) in [5.74, 6) is 1.19. The second-order valence-corrected chi connectivity index (χ2v) is 5.28. The number of hydrogen-bond acceptors (Lipinski definition) is 3. The van der Waals surface area contributed by atoms with Crippen LogP contribution in [0.5, 0.6) is 0 Å². The number of amides is 1. The molecule has 0 aromatic carbocycles. The standard InChI is InChI=1S/C10H22N2OS/c1-10(2,11)6-5-9(13)12(3)7-8-14-4/h5-8,11H2,1-4H3. The highest BCUT2D eigenvalue weighted by atomic mass is 32.2. The normalized spacial score (nSPS) is 11.5. The number of hydrogen-bond donors (Lipinski definition) is 1. The quantitative estimate of drug-likeness (QED) is 0.731. The Hall–Kier alpha value is -0.220. The Bertz CT molecular complexity index is 177. The second-order valence-electron chi connectivity index (χ2n) is 4.30. The van der Waals surface area contributed by atoms with Gasteiger partial charge in [-0.25, -0.2) is 0 Å². The van der Waals surface area contributed by atoms with Crippen LogP contribution in [0.2, 0.25) is 0 Å². The zero-order valence-corrected chi connectivity index (χ0v) is 10.5. The van der Waals surface area contributed by atoms with Gasteiger partial charge in [-0.3, -0.25) is 4.79 Å². The molecule has 0 aromatic rings. The van der Waals surface area contributed by atoms with Gasteiger partial charge in [0.2, 0.25) is 5.91 Å². The summed E-state index contributed by atoms with van der Waals surface area (Å²) >= 11 is 1.75. The van der Waals surface area contributed by atoms with Crippen LogP contribution in [0.3, 0.4) is 0 Å². The highest BCUT2D eigenvalue weighted by Gasteiger charge is 2.15. The smallest absolute Gasteiger partial charge is 0.222 e. The lowest BCUT2D eigenvalue weighted by Gasteiger charge is -2.21. The molecule has 0 unspecified atom stereocenters. The topological polar surface area (TPSA) is 46.3 Å². The van der Waals surface area contributed by atoms with Crippen molar-refractivity contribution in [1.29, 1.82) is 0 Å². The average Bonchev–Trinajstić information content (AvgIpc) is 2.09. The molecule has 0 bridgehead atoms. The number of carbonyl (C=O) groups is 1. The molecule has 0 rings (SSSR count). The zero-order valence-electron chi connectivity index (χ0n) is 9.67. The molecule has 0 aromatic heterocycles. The fraction of sp³-hybridized carbons (Fsp3) is 0.900. The van der Waals surface area contributed by atoms with Crippen LogP contribution in [0.15, 0.2) is 0 Å². The number of thioether (sulfide) groups is 1. The molecule has 0 aliphatic carbocycles. The van der Waals surface area contributed by atoms with Crippen molar-refractivity contribution in [1.82, 2.24) is 4.90 Å². The maximum absolute atomic E-state index is 11.6. The summed E-state index contributed by atoms with van der Waals surface area (Å²) < 4.78 is 0. The molecule has 1 amide bonds. The largest absolute Gasteiger partial charge is 0.345 e. The van der Waals surface area contributed by atoms with Gasteiger partial charge in [-0.2, -0.15) is 11.8 Å². The first-order chi connectivity index (χ1) is 6.37. The van der Waals surface area contributed by atoms with E-state index in [0.717, 1.165) is 18.7 Å². The van der Waals surface area contributed by atoms with Gasteiger partial charge in [0.05, 0.1) is 0 Å². The monoisotopic (exact) mass is 218 g/mol. The van der Waals surface area contributed by atoms with Gasteiger partial charge >= 0.3 is 0 Å². The number of nitrogens with two attached hydrogens (primary N) is 1. The van der Waals surface area contributed by atoms with Gasteiger partial charge in [0.15, 0.2) is 0 Å². The van der Waals surface area contributed by atoms with E-state index >= 15 is 0 Å². The Labute approximate surface area is 91.4 Å². The van der Waals surface area contributed by atoms with Gasteiger partial charge in [0.25, 0.3) is 0 Å². The van der Waals surface area contributed by atoms with Crippen LogP contribution in [0.1, 0.15) is 26.7 Å². The zero-order chi connectivity index (χ0) is 11.2. The van der Waals surface area contributed by atoms with E-state index in [1.807, 2.05) is 27.2 Å². The first-order valence-electron chi connectivity index (χ1n) is 4.88. The minimum atomic E-state index is -0.240. The maximum atomic E-state index is 11.6. The van der Waals surface area contributed by atoms with E-state index < -0.39 is 0 Å². The van der Waals surface area contributed by atoms with Gasteiger partial charge in [-0.05, 0) is 26.5 Å². The van der Waals surface area contributed by atoms with Crippen molar-refractivity contribution in [2.45, 2.75) is 32.2 Å². The van der Waals surface area contributed by atoms with Crippen LogP contribution in [0.25, 0.3) is 0 Å². The van der Waals surface area contributed by atoms with Gasteiger partial charge in [-0.15, -0.1) is 0 Å². The minimum Gasteiger partial charge on any atom is -0.345 e. The van der Waals surface area contributed by atoms with Gasteiger partial charge in [0, 0.05) is 31.3 Å². The molecule has 0 fully saturated rings. The van der Waals surface area contributed by atoms with Gasteiger partial charge in [-0.1, -0.05) is 0 Å². The van der Waals surface area contributed by atoms with E-state index in [4.69, 9.17) is 5.73 Å². The Morgan fingerprint density at radius 3 is 2.50 bits per heavy atom. The minimum absolute atomic E-state index is 0.192. The molecule has 0 radical (unpaired) electrons. The molecular formula is C10H22N2OS. The van der Waals surface area contributed by atoms with E-state index in [9.17, 15) is 4.79 Å². The van der Waals surface area contributed by atoms with Crippen molar-refractivity contribution < 1.29 is 4.79 Å². The molecule has 84 valence electrons. The molecule has 0 heterocycles.